The Morgan fingerprint density at radius 1 is 1.10 bits per heavy atom. The number of nitrogens with one attached hydrogen (secondary N) is 1. The largest absolute Gasteiger partial charge is 0.495 e. The second kappa shape index (κ2) is 12.5. The summed E-state index contributed by atoms with van der Waals surface area (Å²) in [6.45, 7) is 3.66. The molecule has 4 rings (SSSR count). The number of halogens is 3. The first kappa shape index (κ1) is 29.7. The number of amides is 1. The Morgan fingerprint density at radius 3 is 2.49 bits per heavy atom. The number of likely N-dealkylation sites (tertiary alicyclic amines) is 1. The molecule has 0 bridgehead atoms. The van der Waals surface area contributed by atoms with Crippen LogP contribution in [0.5, 0.6) is 11.5 Å². The number of hydrogen-bond donors (Lipinski definition) is 3. The number of nitrogens with zero attached hydrogens (tertiary/aromatic N) is 3. The van der Waals surface area contributed by atoms with Crippen LogP contribution in [0.4, 0.5) is 24.5 Å². The number of hydrogen-bond acceptors (Lipinski definition) is 8. The van der Waals surface area contributed by atoms with Crippen LogP contribution in [-0.4, -0.2) is 43.1 Å². The highest BCUT2D eigenvalue weighted by Gasteiger charge is 2.33. The van der Waals surface area contributed by atoms with E-state index in [9.17, 15) is 18.0 Å². The lowest BCUT2D eigenvalue weighted by Gasteiger charge is -2.22. The molecule has 0 radical (unpaired) electrons. The van der Waals surface area contributed by atoms with Crippen LogP contribution in [0, 0.1) is 6.92 Å². The fraction of sp³-hybridized carbons (Fsp3) is 0.310. The van der Waals surface area contributed by atoms with Crippen molar-refractivity contribution in [2.45, 2.75) is 32.5 Å². The number of carbonyl (C=O) groups is 1. The van der Waals surface area contributed by atoms with Gasteiger partial charge in [-0.1, -0.05) is 6.07 Å². The third-order valence-electron chi connectivity index (χ3n) is 6.85. The van der Waals surface area contributed by atoms with Crippen LogP contribution in [0.1, 0.15) is 45.5 Å². The molecule has 12 heteroatoms. The Hall–Kier alpha value is -4.29. The molecule has 2 heterocycles. The van der Waals surface area contributed by atoms with Crippen LogP contribution >= 0.6 is 0 Å². The van der Waals surface area contributed by atoms with Gasteiger partial charge in [-0.15, -0.1) is 0 Å². The summed E-state index contributed by atoms with van der Waals surface area (Å²) >= 11 is 0. The Balaban J connectivity index is 1.63. The first-order chi connectivity index (χ1) is 19.5. The first-order valence-electron chi connectivity index (χ1n) is 12.9. The number of pyridine rings is 1. The third kappa shape index (κ3) is 7.08. The highest BCUT2D eigenvalue weighted by Crippen LogP contribution is 2.39. The van der Waals surface area contributed by atoms with E-state index < -0.39 is 17.6 Å². The molecule has 3 aromatic rings. The van der Waals surface area contributed by atoms with Gasteiger partial charge in [0.15, 0.2) is 0 Å². The minimum absolute atomic E-state index is 0.0667. The SMILES string of the molecule is COc1cncc(/C(N)=C/N(N)c2cc(C(=O)Nc3cc(C(F)(F)F)cc(CN4CCCC4)c3OC)ccc2C)c1. The summed E-state index contributed by atoms with van der Waals surface area (Å²) in [4.78, 5) is 19.5. The van der Waals surface area contributed by atoms with Crippen molar-refractivity contribution in [3.8, 4) is 11.5 Å². The molecule has 2 aromatic carbocycles. The van der Waals surface area contributed by atoms with Crippen LogP contribution in [0.15, 0.2) is 55.0 Å². The molecule has 0 unspecified atom stereocenters. The van der Waals surface area contributed by atoms with Crippen LogP contribution in [-0.2, 0) is 12.7 Å². The maximum absolute atomic E-state index is 13.8. The van der Waals surface area contributed by atoms with E-state index in [1.165, 1.54) is 37.7 Å². The maximum atomic E-state index is 13.8. The summed E-state index contributed by atoms with van der Waals surface area (Å²) in [5, 5.41) is 3.88. The van der Waals surface area contributed by atoms with Crippen molar-refractivity contribution in [3.63, 3.8) is 0 Å². The molecular formula is C29H33F3N6O3. The first-order valence-corrected chi connectivity index (χ1v) is 12.9. The number of alkyl halides is 3. The van der Waals surface area contributed by atoms with E-state index in [-0.39, 0.29) is 23.5 Å². The van der Waals surface area contributed by atoms with E-state index in [2.05, 4.69) is 15.2 Å². The molecule has 1 amide bonds. The average Bonchev–Trinajstić information content (AvgIpc) is 3.45. The Kier molecular flexibility index (Phi) is 9.04. The summed E-state index contributed by atoms with van der Waals surface area (Å²) in [6.07, 6.45) is 1.93. The molecule has 0 aliphatic carbocycles. The van der Waals surface area contributed by atoms with Gasteiger partial charge in [-0.3, -0.25) is 19.7 Å². The van der Waals surface area contributed by atoms with Crippen molar-refractivity contribution in [1.29, 1.82) is 0 Å². The Morgan fingerprint density at radius 2 is 1.83 bits per heavy atom. The standard InChI is InChI=1S/C29H33F3N6O3/c1-18-6-7-19(12-26(18)38(34)17-24(33)20-11-23(40-2)15-35-14-20)28(39)36-25-13-22(29(30,31)32)10-21(27(25)41-3)16-37-8-4-5-9-37/h6-7,10-15,17H,4-5,8-9,16,33-34H2,1-3H3,(H,36,39)/b24-17-. The fourth-order valence-corrected chi connectivity index (χ4v) is 4.69. The quantitative estimate of drug-likeness (QED) is 0.245. The van der Waals surface area contributed by atoms with Gasteiger partial charge in [-0.2, -0.15) is 13.2 Å². The Bertz CT molecular complexity index is 1440. The number of aromatic nitrogens is 1. The Labute approximate surface area is 236 Å². The summed E-state index contributed by atoms with van der Waals surface area (Å²) in [5.74, 6) is 6.36. The molecule has 1 aliphatic rings. The van der Waals surface area contributed by atoms with Crippen molar-refractivity contribution >= 4 is 23.0 Å². The zero-order valence-electron chi connectivity index (χ0n) is 23.1. The molecule has 1 saturated heterocycles. The number of nitrogens with two attached hydrogens (primary N) is 2. The van der Waals surface area contributed by atoms with Gasteiger partial charge in [0.2, 0.25) is 0 Å². The van der Waals surface area contributed by atoms with Gasteiger partial charge in [0, 0.05) is 35.6 Å². The number of carbonyl (C=O) groups excluding carboxylic acids is 1. The van der Waals surface area contributed by atoms with Crippen LogP contribution in [0.2, 0.25) is 0 Å². The van der Waals surface area contributed by atoms with Gasteiger partial charge in [0.05, 0.1) is 43.1 Å². The maximum Gasteiger partial charge on any atom is 0.416 e. The van der Waals surface area contributed by atoms with E-state index in [1.54, 1.807) is 31.3 Å². The average molecular weight is 571 g/mol. The van der Waals surface area contributed by atoms with Crippen LogP contribution in [0.25, 0.3) is 5.70 Å². The van der Waals surface area contributed by atoms with Crippen molar-refractivity contribution in [1.82, 2.24) is 9.88 Å². The third-order valence-corrected chi connectivity index (χ3v) is 6.85. The molecule has 41 heavy (non-hydrogen) atoms. The number of hydrazine groups is 1. The second-order valence-electron chi connectivity index (χ2n) is 9.76. The predicted octanol–water partition coefficient (Wildman–Crippen LogP) is 4.91. The monoisotopic (exact) mass is 570 g/mol. The zero-order valence-corrected chi connectivity index (χ0v) is 23.1. The molecule has 1 aromatic heterocycles. The molecule has 0 spiro atoms. The predicted molar refractivity (Wildman–Crippen MR) is 151 cm³/mol. The molecule has 1 aliphatic heterocycles. The summed E-state index contributed by atoms with van der Waals surface area (Å²) in [6, 6.07) is 8.45. The van der Waals surface area contributed by atoms with Gasteiger partial charge in [0.25, 0.3) is 5.91 Å². The highest BCUT2D eigenvalue weighted by molar-refractivity contribution is 6.06. The van der Waals surface area contributed by atoms with Gasteiger partial charge >= 0.3 is 6.18 Å². The summed E-state index contributed by atoms with van der Waals surface area (Å²) in [5.41, 5.74) is 7.88. The molecule has 0 saturated carbocycles. The zero-order chi connectivity index (χ0) is 29.7. The van der Waals surface area contributed by atoms with Gasteiger partial charge < -0.3 is 20.5 Å². The minimum Gasteiger partial charge on any atom is -0.495 e. The molecule has 9 nitrogen and oxygen atoms in total. The normalized spacial score (nSPS) is 14.2. The molecule has 5 N–H and O–H groups in total. The molecule has 1 fully saturated rings. The van der Waals surface area contributed by atoms with E-state index in [1.807, 2.05) is 0 Å². The van der Waals surface area contributed by atoms with Crippen molar-refractivity contribution in [3.05, 3.63) is 82.8 Å². The molecule has 218 valence electrons. The molecule has 0 atom stereocenters. The van der Waals surface area contributed by atoms with E-state index in [4.69, 9.17) is 21.1 Å². The number of rotatable bonds is 9. The fourth-order valence-electron chi connectivity index (χ4n) is 4.69. The topological polar surface area (TPSA) is 119 Å². The van der Waals surface area contributed by atoms with Gasteiger partial charge in [-0.05, 0) is 68.8 Å². The van der Waals surface area contributed by atoms with Crippen molar-refractivity contribution in [2.75, 3.05) is 37.6 Å². The van der Waals surface area contributed by atoms with E-state index in [0.717, 1.165) is 43.6 Å². The minimum atomic E-state index is -4.60. The highest BCUT2D eigenvalue weighted by atomic mass is 19.4. The number of anilines is 2. The van der Waals surface area contributed by atoms with E-state index in [0.29, 0.717) is 28.3 Å². The number of benzene rings is 2. The second-order valence-corrected chi connectivity index (χ2v) is 9.76. The van der Waals surface area contributed by atoms with Gasteiger partial charge in [-0.25, -0.2) is 5.84 Å². The number of methoxy groups -OCH3 is 2. The van der Waals surface area contributed by atoms with Crippen LogP contribution in [0.3, 0.4) is 0 Å². The van der Waals surface area contributed by atoms with Gasteiger partial charge in [0.1, 0.15) is 11.5 Å². The van der Waals surface area contributed by atoms with Crippen molar-refractivity contribution < 1.29 is 27.4 Å². The van der Waals surface area contributed by atoms with Crippen molar-refractivity contribution in [2.24, 2.45) is 11.6 Å². The number of ether oxygens (including phenoxy) is 2. The van der Waals surface area contributed by atoms with E-state index >= 15 is 0 Å². The summed E-state index contributed by atoms with van der Waals surface area (Å²) in [7, 11) is 2.88. The summed E-state index contributed by atoms with van der Waals surface area (Å²) < 4.78 is 52.1. The lowest BCUT2D eigenvalue weighted by atomic mass is 10.1. The lowest BCUT2D eigenvalue weighted by molar-refractivity contribution is -0.137. The number of aryl methyl sites for hydroxylation is 1. The smallest absolute Gasteiger partial charge is 0.416 e. The van der Waals surface area contributed by atoms with Crippen LogP contribution < -0.4 is 31.4 Å². The lowest BCUT2D eigenvalue weighted by Crippen LogP contribution is -2.27. The molecular weight excluding hydrogens is 537 g/mol.